The van der Waals surface area contributed by atoms with Gasteiger partial charge in [-0.2, -0.15) is 0 Å². The number of aromatic amines is 1. The van der Waals surface area contributed by atoms with E-state index in [4.69, 9.17) is 11.5 Å². The van der Waals surface area contributed by atoms with Gasteiger partial charge in [-0.1, -0.05) is 0 Å². The molecule has 0 aliphatic heterocycles. The molecule has 11 heteroatoms. The standard InChI is InChI=1S/C16H28N6O5/c1-9(23)13(18)15(25)22-12(6-10-7-19-8-20-10)14(24)21-11(16(26)27)4-2-3-5-17/h7-9,11-13,23H,2-6,17-18H2,1H3,(H,19,20)(H,21,24)(H,22,25)(H,26,27)/t9-,11+,12+,13+/m1/s1. The van der Waals surface area contributed by atoms with Crippen LogP contribution in [-0.2, 0) is 20.8 Å². The number of carboxylic acid groups (broad SMARTS) is 1. The van der Waals surface area contributed by atoms with Gasteiger partial charge in [0.25, 0.3) is 0 Å². The molecule has 0 bridgehead atoms. The van der Waals surface area contributed by atoms with Crippen molar-refractivity contribution < 1.29 is 24.6 Å². The Bertz CT molecular complexity index is 606. The SMILES string of the molecule is C[C@@H](O)[C@H](N)C(=O)N[C@@H](Cc1cnc[nH]1)C(=O)N[C@@H](CCCCN)C(=O)O. The van der Waals surface area contributed by atoms with Gasteiger partial charge in [-0.3, -0.25) is 9.59 Å². The average molecular weight is 384 g/mol. The van der Waals surface area contributed by atoms with Gasteiger partial charge in [0.15, 0.2) is 0 Å². The number of hydrogen-bond acceptors (Lipinski definition) is 7. The smallest absolute Gasteiger partial charge is 0.326 e. The molecule has 9 N–H and O–H groups in total. The number of carbonyl (C=O) groups is 3. The number of aliphatic carboxylic acids is 1. The maximum atomic E-state index is 12.6. The van der Waals surface area contributed by atoms with Crippen molar-refractivity contribution in [3.63, 3.8) is 0 Å². The Kier molecular flexibility index (Phi) is 9.40. The molecule has 1 heterocycles. The number of imidazole rings is 1. The minimum absolute atomic E-state index is 0.0548. The summed E-state index contributed by atoms with van der Waals surface area (Å²) < 4.78 is 0. The monoisotopic (exact) mass is 384 g/mol. The molecule has 2 amide bonds. The first-order chi connectivity index (χ1) is 12.8. The molecule has 0 saturated carbocycles. The summed E-state index contributed by atoms with van der Waals surface area (Å²) in [7, 11) is 0. The lowest BCUT2D eigenvalue weighted by molar-refractivity contribution is -0.142. The second-order valence-corrected chi connectivity index (χ2v) is 6.29. The van der Waals surface area contributed by atoms with Gasteiger partial charge in [-0.15, -0.1) is 0 Å². The quantitative estimate of drug-likeness (QED) is 0.198. The number of amides is 2. The van der Waals surface area contributed by atoms with E-state index in [1.807, 2.05) is 0 Å². The predicted octanol–water partition coefficient (Wildman–Crippen LogP) is -2.16. The molecule has 0 aliphatic carbocycles. The number of aliphatic hydroxyl groups excluding tert-OH is 1. The van der Waals surface area contributed by atoms with E-state index in [1.165, 1.54) is 19.4 Å². The van der Waals surface area contributed by atoms with E-state index < -0.39 is 42.0 Å². The zero-order chi connectivity index (χ0) is 20.4. The lowest BCUT2D eigenvalue weighted by Crippen LogP contribution is -2.57. The molecule has 0 radical (unpaired) electrons. The summed E-state index contributed by atoms with van der Waals surface area (Å²) in [5.74, 6) is -2.57. The lowest BCUT2D eigenvalue weighted by Gasteiger charge is -2.23. The van der Waals surface area contributed by atoms with Gasteiger partial charge in [0.1, 0.15) is 18.1 Å². The second kappa shape index (κ2) is 11.3. The fraction of sp³-hybridized carbons (Fsp3) is 0.625. The van der Waals surface area contributed by atoms with Crippen molar-refractivity contribution in [2.24, 2.45) is 11.5 Å². The number of nitrogens with zero attached hydrogens (tertiary/aromatic N) is 1. The van der Waals surface area contributed by atoms with Crippen LogP contribution in [0.1, 0.15) is 31.9 Å². The van der Waals surface area contributed by atoms with Crippen LogP contribution in [0, 0.1) is 0 Å². The van der Waals surface area contributed by atoms with Crippen LogP contribution in [0.2, 0.25) is 0 Å². The number of nitrogens with two attached hydrogens (primary N) is 2. The largest absolute Gasteiger partial charge is 0.480 e. The summed E-state index contributed by atoms with van der Waals surface area (Å²) in [5.41, 5.74) is 11.6. The molecule has 152 valence electrons. The van der Waals surface area contributed by atoms with Crippen LogP contribution in [0.15, 0.2) is 12.5 Å². The van der Waals surface area contributed by atoms with E-state index in [0.29, 0.717) is 25.1 Å². The molecule has 0 spiro atoms. The Labute approximate surface area is 156 Å². The topological polar surface area (TPSA) is 196 Å². The number of aromatic nitrogens is 2. The van der Waals surface area contributed by atoms with E-state index in [1.54, 1.807) is 0 Å². The number of nitrogens with one attached hydrogen (secondary N) is 3. The van der Waals surface area contributed by atoms with Gasteiger partial charge in [0, 0.05) is 18.3 Å². The first-order valence-corrected chi connectivity index (χ1v) is 8.70. The Balaban J connectivity index is 2.84. The Morgan fingerprint density at radius 2 is 1.89 bits per heavy atom. The lowest BCUT2D eigenvalue weighted by atomic mass is 10.1. The van der Waals surface area contributed by atoms with Crippen LogP contribution < -0.4 is 22.1 Å². The maximum Gasteiger partial charge on any atom is 0.326 e. The molecule has 0 aromatic carbocycles. The molecule has 27 heavy (non-hydrogen) atoms. The number of carboxylic acids is 1. The van der Waals surface area contributed by atoms with Crippen molar-refractivity contribution in [3.8, 4) is 0 Å². The number of unbranched alkanes of at least 4 members (excludes halogenated alkanes) is 1. The highest BCUT2D eigenvalue weighted by molar-refractivity contribution is 5.92. The highest BCUT2D eigenvalue weighted by Gasteiger charge is 2.29. The number of hydrogen-bond donors (Lipinski definition) is 7. The van der Waals surface area contributed by atoms with Gasteiger partial charge < -0.3 is 37.3 Å². The zero-order valence-corrected chi connectivity index (χ0v) is 15.2. The molecule has 1 rings (SSSR count). The number of rotatable bonds is 12. The van der Waals surface area contributed by atoms with Crippen molar-refractivity contribution in [1.82, 2.24) is 20.6 Å². The van der Waals surface area contributed by atoms with E-state index >= 15 is 0 Å². The van der Waals surface area contributed by atoms with E-state index in [0.717, 1.165) is 0 Å². The van der Waals surface area contributed by atoms with Crippen molar-refractivity contribution in [2.45, 2.75) is 56.8 Å². The fourth-order valence-corrected chi connectivity index (χ4v) is 2.34. The minimum atomic E-state index is -1.22. The highest BCUT2D eigenvalue weighted by atomic mass is 16.4. The molecular weight excluding hydrogens is 356 g/mol. The van der Waals surface area contributed by atoms with Crippen molar-refractivity contribution >= 4 is 17.8 Å². The molecule has 0 fully saturated rings. The summed E-state index contributed by atoms with van der Waals surface area (Å²) in [4.78, 5) is 42.8. The molecule has 4 atom stereocenters. The summed E-state index contributed by atoms with van der Waals surface area (Å²) in [6, 6.07) is -3.41. The maximum absolute atomic E-state index is 12.6. The number of aliphatic hydroxyl groups is 1. The minimum Gasteiger partial charge on any atom is -0.480 e. The van der Waals surface area contributed by atoms with E-state index in [9.17, 15) is 24.6 Å². The van der Waals surface area contributed by atoms with E-state index in [-0.39, 0.29) is 12.8 Å². The summed E-state index contributed by atoms with van der Waals surface area (Å²) in [5, 5.41) is 23.6. The molecule has 0 aliphatic rings. The normalized spacial score (nSPS) is 15.4. The van der Waals surface area contributed by atoms with Crippen LogP contribution >= 0.6 is 0 Å². The highest BCUT2D eigenvalue weighted by Crippen LogP contribution is 2.05. The summed E-state index contributed by atoms with van der Waals surface area (Å²) >= 11 is 0. The van der Waals surface area contributed by atoms with Crippen LogP contribution in [0.5, 0.6) is 0 Å². The first-order valence-electron chi connectivity index (χ1n) is 8.70. The molecule has 11 nitrogen and oxygen atoms in total. The third-order valence-corrected chi connectivity index (χ3v) is 4.00. The van der Waals surface area contributed by atoms with Crippen molar-refractivity contribution in [1.29, 1.82) is 0 Å². The van der Waals surface area contributed by atoms with Crippen LogP contribution in [0.3, 0.4) is 0 Å². The van der Waals surface area contributed by atoms with E-state index in [2.05, 4.69) is 20.6 Å². The van der Waals surface area contributed by atoms with Crippen molar-refractivity contribution in [3.05, 3.63) is 18.2 Å². The fourth-order valence-electron chi connectivity index (χ4n) is 2.34. The third kappa shape index (κ3) is 7.72. The van der Waals surface area contributed by atoms with Gasteiger partial charge in [-0.25, -0.2) is 9.78 Å². The molecule has 1 aromatic heterocycles. The average Bonchev–Trinajstić information content (AvgIpc) is 3.12. The molecule has 0 unspecified atom stereocenters. The molecular formula is C16H28N6O5. The van der Waals surface area contributed by atoms with Gasteiger partial charge in [0.2, 0.25) is 11.8 Å². The summed E-state index contributed by atoms with van der Waals surface area (Å²) in [6.07, 6.45) is 3.24. The zero-order valence-electron chi connectivity index (χ0n) is 15.2. The van der Waals surface area contributed by atoms with Gasteiger partial charge >= 0.3 is 5.97 Å². The van der Waals surface area contributed by atoms with Gasteiger partial charge in [0.05, 0.1) is 12.4 Å². The van der Waals surface area contributed by atoms with Gasteiger partial charge in [-0.05, 0) is 32.7 Å². The van der Waals surface area contributed by atoms with Crippen LogP contribution in [0.25, 0.3) is 0 Å². The Morgan fingerprint density at radius 1 is 1.22 bits per heavy atom. The Hall–Kier alpha value is -2.50. The second-order valence-electron chi connectivity index (χ2n) is 6.29. The third-order valence-electron chi connectivity index (χ3n) is 4.00. The number of H-pyrrole nitrogens is 1. The molecule has 0 saturated heterocycles. The summed E-state index contributed by atoms with van der Waals surface area (Å²) in [6.45, 7) is 1.78. The van der Waals surface area contributed by atoms with Crippen LogP contribution in [-0.4, -0.2) is 68.7 Å². The number of carbonyl (C=O) groups excluding carboxylic acids is 2. The Morgan fingerprint density at radius 3 is 2.41 bits per heavy atom. The predicted molar refractivity (Wildman–Crippen MR) is 96.4 cm³/mol. The van der Waals surface area contributed by atoms with Crippen LogP contribution in [0.4, 0.5) is 0 Å². The molecule has 1 aromatic rings. The van der Waals surface area contributed by atoms with Crippen molar-refractivity contribution in [2.75, 3.05) is 6.54 Å². The first kappa shape index (κ1) is 22.5.